The van der Waals surface area contributed by atoms with E-state index in [1.165, 1.54) is 51.4 Å². The van der Waals surface area contributed by atoms with Crippen LogP contribution in [0.4, 0.5) is 0 Å². The molecule has 0 aliphatic rings. The fourth-order valence-electron chi connectivity index (χ4n) is 1.35. The van der Waals surface area contributed by atoms with Crippen molar-refractivity contribution in [3.05, 3.63) is 0 Å². The van der Waals surface area contributed by atoms with Crippen LogP contribution in [0.2, 0.25) is 0 Å². The van der Waals surface area contributed by atoms with E-state index in [-0.39, 0.29) is 34.0 Å². The van der Waals surface area contributed by atoms with Gasteiger partial charge in [-0.15, -0.1) is 34.0 Å². The number of rotatable bonds is 9. The van der Waals surface area contributed by atoms with E-state index in [1.54, 1.807) is 0 Å². The topological polar surface area (TPSA) is 52.0 Å². The summed E-state index contributed by atoms with van der Waals surface area (Å²) in [6, 6.07) is 0. The van der Waals surface area contributed by atoms with Gasteiger partial charge in [-0.3, -0.25) is 0 Å². The van der Waals surface area contributed by atoms with Gasteiger partial charge in [-0.2, -0.15) is 0 Å². The Bertz CT molecular complexity index is 72.5. The van der Waals surface area contributed by atoms with Crippen LogP contribution in [0, 0.1) is 0 Å². The third-order valence-corrected chi connectivity index (χ3v) is 2.16. The van der Waals surface area contributed by atoms with Crippen LogP contribution >= 0.6 is 34.0 Å². The lowest BCUT2D eigenvalue weighted by Crippen LogP contribution is -1.98. The molecule has 0 bridgehead atoms. The first kappa shape index (κ1) is 20.3. The molecule has 14 heavy (non-hydrogen) atoms. The molecule has 0 atom stereocenters. The molecule has 0 aromatic heterocycles. The number of hydrogen-bond donors (Lipinski definition) is 2. The van der Waals surface area contributed by atoms with Crippen LogP contribution in [-0.4, -0.2) is 13.1 Å². The lowest BCUT2D eigenvalue weighted by atomic mass is 10.1. The molecule has 0 unspecified atom stereocenters. The van der Waals surface area contributed by atoms with Crippen LogP contribution in [0.15, 0.2) is 0 Å². The minimum absolute atomic E-state index is 0. The van der Waals surface area contributed by atoms with Gasteiger partial charge in [0.05, 0.1) is 0 Å². The van der Waals surface area contributed by atoms with E-state index in [4.69, 9.17) is 11.5 Å². The Morgan fingerprint density at radius 1 is 0.429 bits per heavy atom. The standard InChI is InChI=1S/C10H24N2.2BrH/c11-9-7-5-3-1-2-4-6-8-10-12;;/h1-12H2;2*1H. The van der Waals surface area contributed by atoms with E-state index in [0.717, 1.165) is 13.1 Å². The zero-order valence-corrected chi connectivity index (χ0v) is 12.5. The number of halogens is 2. The van der Waals surface area contributed by atoms with Crippen molar-refractivity contribution in [1.82, 2.24) is 0 Å². The van der Waals surface area contributed by atoms with Crippen molar-refractivity contribution in [3.63, 3.8) is 0 Å². The van der Waals surface area contributed by atoms with E-state index >= 15 is 0 Å². The summed E-state index contributed by atoms with van der Waals surface area (Å²) < 4.78 is 0. The predicted octanol–water partition coefficient (Wildman–Crippen LogP) is 3.18. The number of nitrogens with two attached hydrogens (primary N) is 2. The zero-order chi connectivity index (χ0) is 9.07. The molecule has 0 saturated heterocycles. The third kappa shape index (κ3) is 18.6. The SMILES string of the molecule is Br.Br.NCCCCCCCCCCN. The quantitative estimate of drug-likeness (QED) is 0.637. The zero-order valence-electron chi connectivity index (χ0n) is 9.04. The van der Waals surface area contributed by atoms with Crippen molar-refractivity contribution >= 4 is 34.0 Å². The molecular formula is C10H26Br2N2. The molecule has 0 aromatic rings. The van der Waals surface area contributed by atoms with Gasteiger partial charge in [0.1, 0.15) is 0 Å². The van der Waals surface area contributed by atoms with Gasteiger partial charge in [0.15, 0.2) is 0 Å². The van der Waals surface area contributed by atoms with Crippen molar-refractivity contribution in [2.75, 3.05) is 13.1 Å². The maximum atomic E-state index is 5.40. The van der Waals surface area contributed by atoms with Crippen molar-refractivity contribution in [1.29, 1.82) is 0 Å². The Balaban J connectivity index is -0.000000605. The summed E-state index contributed by atoms with van der Waals surface area (Å²) in [5, 5.41) is 0. The molecule has 0 rings (SSSR count). The van der Waals surface area contributed by atoms with Crippen molar-refractivity contribution in [2.45, 2.75) is 51.4 Å². The van der Waals surface area contributed by atoms with Gasteiger partial charge in [0, 0.05) is 0 Å². The van der Waals surface area contributed by atoms with Crippen LogP contribution in [-0.2, 0) is 0 Å². The van der Waals surface area contributed by atoms with Crippen molar-refractivity contribution in [2.24, 2.45) is 11.5 Å². The maximum absolute atomic E-state index is 5.40. The summed E-state index contributed by atoms with van der Waals surface area (Å²) in [5.74, 6) is 0. The predicted molar refractivity (Wildman–Crippen MR) is 75.7 cm³/mol. The largest absolute Gasteiger partial charge is 0.330 e. The fourth-order valence-corrected chi connectivity index (χ4v) is 1.35. The number of unbranched alkanes of at least 4 members (excludes halogenated alkanes) is 7. The number of hydrogen-bond acceptors (Lipinski definition) is 2. The summed E-state index contributed by atoms with van der Waals surface area (Å²) in [6.07, 6.45) is 10.5. The van der Waals surface area contributed by atoms with Crippen LogP contribution in [0.25, 0.3) is 0 Å². The average Bonchev–Trinajstić information content (AvgIpc) is 2.10. The molecule has 0 heterocycles. The van der Waals surface area contributed by atoms with Gasteiger partial charge in [0.2, 0.25) is 0 Å². The lowest BCUT2D eigenvalue weighted by Gasteiger charge is -2.00. The molecule has 0 fully saturated rings. The van der Waals surface area contributed by atoms with E-state index in [0.29, 0.717) is 0 Å². The second-order valence-electron chi connectivity index (χ2n) is 3.41. The average molecular weight is 334 g/mol. The first-order chi connectivity index (χ1) is 5.91. The van der Waals surface area contributed by atoms with Crippen LogP contribution in [0.1, 0.15) is 51.4 Å². The minimum Gasteiger partial charge on any atom is -0.330 e. The summed E-state index contributed by atoms with van der Waals surface area (Å²) >= 11 is 0. The van der Waals surface area contributed by atoms with Gasteiger partial charge < -0.3 is 11.5 Å². The van der Waals surface area contributed by atoms with Gasteiger partial charge >= 0.3 is 0 Å². The van der Waals surface area contributed by atoms with Crippen molar-refractivity contribution < 1.29 is 0 Å². The molecule has 0 aliphatic carbocycles. The molecule has 0 saturated carbocycles. The third-order valence-electron chi connectivity index (χ3n) is 2.16. The highest BCUT2D eigenvalue weighted by atomic mass is 79.9. The lowest BCUT2D eigenvalue weighted by molar-refractivity contribution is 0.572. The molecule has 90 valence electrons. The Morgan fingerprint density at radius 2 is 0.643 bits per heavy atom. The minimum atomic E-state index is 0. The van der Waals surface area contributed by atoms with E-state index in [2.05, 4.69) is 0 Å². The maximum Gasteiger partial charge on any atom is -0.00773 e. The summed E-state index contributed by atoms with van der Waals surface area (Å²) in [4.78, 5) is 0. The molecule has 4 heteroatoms. The van der Waals surface area contributed by atoms with Crippen LogP contribution in [0.3, 0.4) is 0 Å². The molecule has 4 N–H and O–H groups in total. The van der Waals surface area contributed by atoms with E-state index in [1.807, 2.05) is 0 Å². The highest BCUT2D eigenvalue weighted by Crippen LogP contribution is 2.07. The molecule has 0 spiro atoms. The highest BCUT2D eigenvalue weighted by Gasteiger charge is 1.90. The van der Waals surface area contributed by atoms with Gasteiger partial charge in [0.25, 0.3) is 0 Å². The Labute approximate surface area is 110 Å². The van der Waals surface area contributed by atoms with E-state index in [9.17, 15) is 0 Å². The first-order valence-corrected chi connectivity index (χ1v) is 5.32. The Morgan fingerprint density at radius 3 is 0.857 bits per heavy atom. The van der Waals surface area contributed by atoms with E-state index < -0.39 is 0 Å². The second-order valence-corrected chi connectivity index (χ2v) is 3.41. The Hall–Kier alpha value is 0.880. The molecule has 0 amide bonds. The molecule has 0 radical (unpaired) electrons. The second kappa shape index (κ2) is 19.5. The Kier molecular flexibility index (Phi) is 28.2. The normalized spacial score (nSPS) is 9.00. The molecular weight excluding hydrogens is 308 g/mol. The summed E-state index contributed by atoms with van der Waals surface area (Å²) in [5.41, 5.74) is 10.8. The first-order valence-electron chi connectivity index (χ1n) is 5.32. The van der Waals surface area contributed by atoms with Gasteiger partial charge in [-0.05, 0) is 25.9 Å². The molecule has 2 nitrogen and oxygen atoms in total. The summed E-state index contributed by atoms with van der Waals surface area (Å²) in [6.45, 7) is 1.71. The highest BCUT2D eigenvalue weighted by molar-refractivity contribution is 8.93. The van der Waals surface area contributed by atoms with Crippen molar-refractivity contribution in [3.8, 4) is 0 Å². The van der Waals surface area contributed by atoms with Gasteiger partial charge in [-0.1, -0.05) is 38.5 Å². The van der Waals surface area contributed by atoms with Crippen LogP contribution in [0.5, 0.6) is 0 Å². The summed E-state index contributed by atoms with van der Waals surface area (Å²) in [7, 11) is 0. The molecule has 0 aromatic carbocycles. The smallest absolute Gasteiger partial charge is 0.00773 e. The van der Waals surface area contributed by atoms with Gasteiger partial charge in [-0.25, -0.2) is 0 Å². The van der Waals surface area contributed by atoms with Crippen LogP contribution < -0.4 is 11.5 Å². The molecule has 0 aliphatic heterocycles. The fraction of sp³-hybridized carbons (Fsp3) is 1.00. The monoisotopic (exact) mass is 332 g/mol.